The number of hydrogen-bond acceptors (Lipinski definition) is 1. The van der Waals surface area contributed by atoms with Gasteiger partial charge in [-0.05, 0) is 126 Å². The lowest BCUT2D eigenvalue weighted by Crippen LogP contribution is -2.10. The smallest absolute Gasteiger partial charge is 0.0547 e. The average molecular weight is 737 g/mol. The fourth-order valence-corrected chi connectivity index (χ4v) is 9.46. The van der Waals surface area contributed by atoms with E-state index < -0.39 is 0 Å². The standard InChI is InChI=1S/C56H36N2/c1-2-16-43(17-3-1)58-53-23-11-22-52(56(53)55-51-21-9-6-14-39(51)28-33-54(55)58)40-15-10-18-44(34-40)57(45-29-31-49-41(35-45)26-24-37-12-4-7-19-47(37)49)46-30-32-50-42(36-46)27-25-38-13-5-8-20-48(38)50/h1-36H. The Labute approximate surface area is 336 Å². The van der Waals surface area contributed by atoms with Gasteiger partial charge < -0.3 is 9.47 Å². The van der Waals surface area contributed by atoms with Crippen molar-refractivity contribution in [2.45, 2.75) is 0 Å². The molecule has 270 valence electrons. The molecule has 12 aromatic rings. The molecule has 1 heterocycles. The van der Waals surface area contributed by atoms with Crippen molar-refractivity contribution in [1.82, 2.24) is 4.57 Å². The fourth-order valence-electron chi connectivity index (χ4n) is 9.46. The first-order valence-corrected chi connectivity index (χ1v) is 20.0. The second-order valence-corrected chi connectivity index (χ2v) is 15.3. The monoisotopic (exact) mass is 736 g/mol. The summed E-state index contributed by atoms with van der Waals surface area (Å²) >= 11 is 0. The van der Waals surface area contributed by atoms with Gasteiger partial charge in [-0.2, -0.15) is 0 Å². The predicted molar refractivity (Wildman–Crippen MR) is 248 cm³/mol. The molecule has 12 rings (SSSR count). The van der Waals surface area contributed by atoms with Crippen LogP contribution in [0.15, 0.2) is 218 Å². The maximum absolute atomic E-state index is 2.43. The Balaban J connectivity index is 1.10. The molecule has 0 fully saturated rings. The first-order valence-electron chi connectivity index (χ1n) is 20.0. The normalized spacial score (nSPS) is 11.8. The Kier molecular flexibility index (Phi) is 7.26. The van der Waals surface area contributed by atoms with Crippen LogP contribution in [0.25, 0.3) is 92.5 Å². The van der Waals surface area contributed by atoms with Crippen molar-refractivity contribution in [2.75, 3.05) is 4.90 Å². The second kappa shape index (κ2) is 12.9. The molecular formula is C56H36N2. The summed E-state index contributed by atoms with van der Waals surface area (Å²) in [7, 11) is 0. The van der Waals surface area contributed by atoms with Gasteiger partial charge in [0.25, 0.3) is 0 Å². The van der Waals surface area contributed by atoms with E-state index in [0.29, 0.717) is 0 Å². The second-order valence-electron chi connectivity index (χ2n) is 15.3. The van der Waals surface area contributed by atoms with Crippen LogP contribution in [0.5, 0.6) is 0 Å². The summed E-state index contributed by atoms with van der Waals surface area (Å²) < 4.78 is 2.42. The molecule has 11 aromatic carbocycles. The highest BCUT2D eigenvalue weighted by atomic mass is 15.1. The molecule has 0 aliphatic rings. The molecule has 0 N–H and O–H groups in total. The molecule has 2 nitrogen and oxygen atoms in total. The minimum Gasteiger partial charge on any atom is -0.310 e. The van der Waals surface area contributed by atoms with Gasteiger partial charge in [0.2, 0.25) is 0 Å². The molecule has 0 atom stereocenters. The van der Waals surface area contributed by atoms with Crippen molar-refractivity contribution < 1.29 is 0 Å². The van der Waals surface area contributed by atoms with Crippen molar-refractivity contribution >= 4 is 92.7 Å². The van der Waals surface area contributed by atoms with E-state index in [1.807, 2.05) is 0 Å². The van der Waals surface area contributed by atoms with Gasteiger partial charge in [-0.3, -0.25) is 0 Å². The van der Waals surface area contributed by atoms with E-state index in [1.165, 1.54) is 86.8 Å². The molecule has 0 spiro atoms. The number of benzene rings is 11. The molecule has 0 amide bonds. The van der Waals surface area contributed by atoms with Crippen LogP contribution >= 0.6 is 0 Å². The molecule has 1 aromatic heterocycles. The van der Waals surface area contributed by atoms with Crippen LogP contribution in [0.3, 0.4) is 0 Å². The third-order valence-electron chi connectivity index (χ3n) is 12.1. The molecule has 58 heavy (non-hydrogen) atoms. The van der Waals surface area contributed by atoms with Crippen LogP contribution in [0.4, 0.5) is 17.1 Å². The van der Waals surface area contributed by atoms with E-state index >= 15 is 0 Å². The summed E-state index contributed by atoms with van der Waals surface area (Å²) in [5, 5.41) is 15.0. The van der Waals surface area contributed by atoms with E-state index in [9.17, 15) is 0 Å². The lowest BCUT2D eigenvalue weighted by atomic mass is 9.96. The maximum Gasteiger partial charge on any atom is 0.0547 e. The zero-order chi connectivity index (χ0) is 38.2. The first-order chi connectivity index (χ1) is 28.8. The highest BCUT2D eigenvalue weighted by molar-refractivity contribution is 6.25. The minimum absolute atomic E-state index is 1.10. The molecule has 0 saturated heterocycles. The molecule has 0 radical (unpaired) electrons. The van der Waals surface area contributed by atoms with E-state index in [0.717, 1.165) is 22.7 Å². The van der Waals surface area contributed by atoms with Crippen molar-refractivity contribution in [3.05, 3.63) is 218 Å². The number of hydrogen-bond donors (Lipinski definition) is 0. The predicted octanol–water partition coefficient (Wildman–Crippen LogP) is 15.7. The Morgan fingerprint density at radius 3 is 1.47 bits per heavy atom. The van der Waals surface area contributed by atoms with Gasteiger partial charge in [0.05, 0.1) is 11.0 Å². The zero-order valence-electron chi connectivity index (χ0n) is 31.7. The van der Waals surface area contributed by atoms with Crippen molar-refractivity contribution in [1.29, 1.82) is 0 Å². The van der Waals surface area contributed by atoms with Crippen molar-refractivity contribution in [3.8, 4) is 16.8 Å². The molecule has 0 unspecified atom stereocenters. The quantitative estimate of drug-likeness (QED) is 0.160. The molecule has 0 aliphatic carbocycles. The lowest BCUT2D eigenvalue weighted by molar-refractivity contribution is 1.18. The van der Waals surface area contributed by atoms with Gasteiger partial charge in [0.1, 0.15) is 0 Å². The maximum atomic E-state index is 2.43. The van der Waals surface area contributed by atoms with Crippen molar-refractivity contribution in [2.24, 2.45) is 0 Å². The Hall–Kier alpha value is -7.68. The number of rotatable bonds is 5. The topological polar surface area (TPSA) is 8.17 Å². The van der Waals surface area contributed by atoms with Crippen LogP contribution in [-0.2, 0) is 0 Å². The summed E-state index contributed by atoms with van der Waals surface area (Å²) in [5.74, 6) is 0. The molecule has 0 bridgehead atoms. The molecular weight excluding hydrogens is 701 g/mol. The molecule has 0 saturated carbocycles. The summed E-state index contributed by atoms with van der Waals surface area (Å²) in [6, 6.07) is 80.2. The number of fused-ring (bicyclic) bond motifs is 11. The van der Waals surface area contributed by atoms with Gasteiger partial charge in [-0.25, -0.2) is 0 Å². The Bertz CT molecular complexity index is 3460. The third-order valence-corrected chi connectivity index (χ3v) is 12.1. The number of anilines is 3. The van der Waals surface area contributed by atoms with Gasteiger partial charge in [-0.1, -0.05) is 158 Å². The van der Waals surface area contributed by atoms with E-state index in [2.05, 4.69) is 228 Å². The Morgan fingerprint density at radius 1 is 0.293 bits per heavy atom. The van der Waals surface area contributed by atoms with Gasteiger partial charge >= 0.3 is 0 Å². The first kappa shape index (κ1) is 32.6. The summed E-state index contributed by atoms with van der Waals surface area (Å²) in [4.78, 5) is 2.43. The number of aromatic nitrogens is 1. The molecule has 0 aliphatic heterocycles. The lowest BCUT2D eigenvalue weighted by Gasteiger charge is -2.27. The largest absolute Gasteiger partial charge is 0.310 e. The van der Waals surface area contributed by atoms with E-state index in [4.69, 9.17) is 0 Å². The number of nitrogens with zero attached hydrogens (tertiary/aromatic N) is 2. The SMILES string of the molecule is c1ccc(-n2c3cccc(-c4cccc(N(c5ccc6c(ccc7ccccc76)c5)c5ccc6c(ccc7ccccc76)c5)c4)c3c3c4ccccc4ccc32)cc1. The van der Waals surface area contributed by atoms with Crippen LogP contribution in [0.2, 0.25) is 0 Å². The highest BCUT2D eigenvalue weighted by Crippen LogP contribution is 2.44. The third kappa shape index (κ3) is 5.05. The average Bonchev–Trinajstić information content (AvgIpc) is 3.64. The molecule has 2 heteroatoms. The summed E-state index contributed by atoms with van der Waals surface area (Å²) in [6.07, 6.45) is 0. The van der Waals surface area contributed by atoms with Gasteiger partial charge in [0, 0.05) is 33.5 Å². The summed E-state index contributed by atoms with van der Waals surface area (Å²) in [6.45, 7) is 0. The van der Waals surface area contributed by atoms with Crippen LogP contribution in [0, 0.1) is 0 Å². The van der Waals surface area contributed by atoms with Gasteiger partial charge in [-0.15, -0.1) is 0 Å². The van der Waals surface area contributed by atoms with E-state index in [1.54, 1.807) is 0 Å². The number of para-hydroxylation sites is 1. The van der Waals surface area contributed by atoms with Crippen LogP contribution in [0.1, 0.15) is 0 Å². The van der Waals surface area contributed by atoms with Crippen LogP contribution in [-0.4, -0.2) is 4.57 Å². The highest BCUT2D eigenvalue weighted by Gasteiger charge is 2.20. The Morgan fingerprint density at radius 2 is 0.793 bits per heavy atom. The summed E-state index contributed by atoms with van der Waals surface area (Å²) in [5.41, 5.74) is 9.28. The van der Waals surface area contributed by atoms with Crippen LogP contribution < -0.4 is 4.90 Å². The zero-order valence-corrected chi connectivity index (χ0v) is 31.7. The van der Waals surface area contributed by atoms with E-state index in [-0.39, 0.29) is 0 Å². The van der Waals surface area contributed by atoms with Crippen molar-refractivity contribution in [3.63, 3.8) is 0 Å². The minimum atomic E-state index is 1.10. The van der Waals surface area contributed by atoms with Gasteiger partial charge in [0.15, 0.2) is 0 Å². The fraction of sp³-hybridized carbons (Fsp3) is 0.